The summed E-state index contributed by atoms with van der Waals surface area (Å²) in [4.78, 5) is 24.1. The minimum absolute atomic E-state index is 0.00230. The van der Waals surface area contributed by atoms with E-state index in [1.165, 1.54) is 4.90 Å². The first-order valence-corrected chi connectivity index (χ1v) is 5.44. The van der Waals surface area contributed by atoms with Crippen molar-refractivity contribution in [2.45, 2.75) is 6.42 Å². The summed E-state index contributed by atoms with van der Waals surface area (Å²) in [5.41, 5.74) is 4.90. The predicted octanol–water partition coefficient (Wildman–Crippen LogP) is 1.18. The number of esters is 1. The lowest BCUT2D eigenvalue weighted by Gasteiger charge is -2.11. The van der Waals surface area contributed by atoms with Crippen molar-refractivity contribution in [3.05, 3.63) is 29.3 Å². The van der Waals surface area contributed by atoms with Gasteiger partial charge in [0.25, 0.3) is 0 Å². The second-order valence-electron chi connectivity index (χ2n) is 4.03. The quantitative estimate of drug-likeness (QED) is 0.660. The molecule has 0 fully saturated rings. The van der Waals surface area contributed by atoms with Crippen LogP contribution in [0.2, 0.25) is 0 Å². The van der Waals surface area contributed by atoms with Gasteiger partial charge in [-0.2, -0.15) is 0 Å². The first-order valence-electron chi connectivity index (χ1n) is 5.44. The van der Waals surface area contributed by atoms with Gasteiger partial charge in [0, 0.05) is 25.8 Å². The van der Waals surface area contributed by atoms with E-state index >= 15 is 0 Å². The molecule has 0 aliphatic heterocycles. The Labute approximate surface area is 108 Å². The van der Waals surface area contributed by atoms with Crippen LogP contribution in [0.3, 0.4) is 0 Å². The van der Waals surface area contributed by atoms with Crippen molar-refractivity contribution in [3.8, 4) is 0 Å². The number of hydrogen-bond acceptors (Lipinski definition) is 4. The molecule has 0 bridgehead atoms. The molecule has 2 N–H and O–H groups in total. The molecule has 19 heavy (non-hydrogen) atoms. The van der Waals surface area contributed by atoms with E-state index in [0.717, 1.165) is 0 Å². The highest BCUT2D eigenvalue weighted by molar-refractivity contribution is 5.95. The standard InChI is InChI=1S/C12H14F2N2O3/c1-16(2)11(17)3-4-19-12(18)7-5-8(13)9(14)6-10(7)15/h5-6H,3-4,15H2,1-2H3. The number of benzene rings is 1. The Kier molecular flexibility index (Phi) is 4.80. The van der Waals surface area contributed by atoms with Gasteiger partial charge in [-0.25, -0.2) is 13.6 Å². The molecule has 104 valence electrons. The molecule has 0 heterocycles. The lowest BCUT2D eigenvalue weighted by Crippen LogP contribution is -2.23. The van der Waals surface area contributed by atoms with Crippen molar-refractivity contribution >= 4 is 17.6 Å². The number of nitrogens with two attached hydrogens (primary N) is 1. The summed E-state index contributed by atoms with van der Waals surface area (Å²) in [7, 11) is 3.13. The average molecular weight is 272 g/mol. The van der Waals surface area contributed by atoms with Gasteiger partial charge >= 0.3 is 5.97 Å². The summed E-state index contributed by atoms with van der Waals surface area (Å²) in [6, 6.07) is 1.37. The number of hydrogen-bond donors (Lipinski definition) is 1. The summed E-state index contributed by atoms with van der Waals surface area (Å²) in [5.74, 6) is -3.45. The van der Waals surface area contributed by atoms with Crippen molar-refractivity contribution in [1.29, 1.82) is 0 Å². The van der Waals surface area contributed by atoms with Crippen LogP contribution >= 0.6 is 0 Å². The van der Waals surface area contributed by atoms with Gasteiger partial charge in [-0.05, 0) is 6.07 Å². The van der Waals surface area contributed by atoms with E-state index in [-0.39, 0.29) is 30.2 Å². The third-order valence-electron chi connectivity index (χ3n) is 2.36. The maximum absolute atomic E-state index is 13.0. The zero-order chi connectivity index (χ0) is 14.6. The summed E-state index contributed by atoms with van der Waals surface area (Å²) in [6.45, 7) is -0.158. The van der Waals surface area contributed by atoms with E-state index in [4.69, 9.17) is 10.5 Å². The fourth-order valence-electron chi connectivity index (χ4n) is 1.27. The Morgan fingerprint density at radius 1 is 1.26 bits per heavy atom. The summed E-state index contributed by atoms with van der Waals surface area (Å²) in [5, 5.41) is 0. The topological polar surface area (TPSA) is 72.6 Å². The summed E-state index contributed by atoms with van der Waals surface area (Å²) in [6.07, 6.45) is 0.00230. The average Bonchev–Trinajstić information content (AvgIpc) is 2.33. The predicted molar refractivity (Wildman–Crippen MR) is 64.4 cm³/mol. The third-order valence-corrected chi connectivity index (χ3v) is 2.36. The van der Waals surface area contributed by atoms with E-state index in [1.54, 1.807) is 14.1 Å². The number of rotatable bonds is 4. The molecule has 0 saturated carbocycles. The van der Waals surface area contributed by atoms with Crippen LogP contribution in [0.25, 0.3) is 0 Å². The van der Waals surface area contributed by atoms with Crippen molar-refractivity contribution < 1.29 is 23.1 Å². The molecule has 1 aromatic carbocycles. The van der Waals surface area contributed by atoms with Crippen LogP contribution in [-0.4, -0.2) is 37.5 Å². The largest absolute Gasteiger partial charge is 0.461 e. The zero-order valence-corrected chi connectivity index (χ0v) is 10.6. The number of carbonyl (C=O) groups is 2. The van der Waals surface area contributed by atoms with Gasteiger partial charge in [0.2, 0.25) is 5.91 Å². The van der Waals surface area contributed by atoms with Crippen LogP contribution < -0.4 is 5.73 Å². The number of halogens is 2. The van der Waals surface area contributed by atoms with Gasteiger partial charge in [-0.15, -0.1) is 0 Å². The molecule has 0 saturated heterocycles. The smallest absolute Gasteiger partial charge is 0.340 e. The van der Waals surface area contributed by atoms with Crippen molar-refractivity contribution in [2.75, 3.05) is 26.4 Å². The number of nitrogen functional groups attached to an aromatic ring is 1. The monoisotopic (exact) mass is 272 g/mol. The molecule has 0 radical (unpaired) electrons. The lowest BCUT2D eigenvalue weighted by molar-refractivity contribution is -0.129. The maximum atomic E-state index is 13.0. The molecule has 0 spiro atoms. The van der Waals surface area contributed by atoms with Crippen LogP contribution in [0.4, 0.5) is 14.5 Å². The molecule has 1 aromatic rings. The van der Waals surface area contributed by atoms with Crippen LogP contribution in [0.1, 0.15) is 16.8 Å². The van der Waals surface area contributed by atoms with E-state index in [9.17, 15) is 18.4 Å². The number of anilines is 1. The Balaban J connectivity index is 2.64. The normalized spacial score (nSPS) is 10.1. The van der Waals surface area contributed by atoms with Crippen LogP contribution in [0.15, 0.2) is 12.1 Å². The zero-order valence-electron chi connectivity index (χ0n) is 10.6. The molecule has 7 heteroatoms. The van der Waals surface area contributed by atoms with Gasteiger partial charge in [0.05, 0.1) is 12.0 Å². The molecule has 1 amide bonds. The molecule has 0 aliphatic carbocycles. The third kappa shape index (κ3) is 3.90. The molecule has 0 atom stereocenters. The molecule has 5 nitrogen and oxygen atoms in total. The number of carbonyl (C=O) groups excluding carboxylic acids is 2. The van der Waals surface area contributed by atoms with Gasteiger partial charge in [-0.3, -0.25) is 4.79 Å². The molecule has 0 unspecified atom stereocenters. The van der Waals surface area contributed by atoms with Gasteiger partial charge < -0.3 is 15.4 Å². The van der Waals surface area contributed by atoms with Crippen molar-refractivity contribution in [3.63, 3.8) is 0 Å². The highest BCUT2D eigenvalue weighted by Crippen LogP contribution is 2.18. The lowest BCUT2D eigenvalue weighted by atomic mass is 10.1. The molecule has 0 aromatic heterocycles. The van der Waals surface area contributed by atoms with E-state index in [0.29, 0.717) is 12.1 Å². The van der Waals surface area contributed by atoms with E-state index < -0.39 is 17.6 Å². The highest BCUT2D eigenvalue weighted by atomic mass is 19.2. The molecular weight excluding hydrogens is 258 g/mol. The second kappa shape index (κ2) is 6.12. The molecule has 0 aliphatic rings. The Hall–Kier alpha value is -2.18. The van der Waals surface area contributed by atoms with Crippen LogP contribution in [0.5, 0.6) is 0 Å². The SMILES string of the molecule is CN(C)C(=O)CCOC(=O)c1cc(F)c(F)cc1N. The minimum atomic E-state index is -1.19. The van der Waals surface area contributed by atoms with E-state index in [2.05, 4.69) is 0 Å². The summed E-state index contributed by atoms with van der Waals surface area (Å²) < 4.78 is 30.6. The first-order chi connectivity index (χ1) is 8.82. The number of ether oxygens (including phenoxy) is 1. The summed E-state index contributed by atoms with van der Waals surface area (Å²) >= 11 is 0. The number of amides is 1. The Morgan fingerprint density at radius 3 is 2.42 bits per heavy atom. The maximum Gasteiger partial charge on any atom is 0.340 e. The fourth-order valence-corrected chi connectivity index (χ4v) is 1.27. The van der Waals surface area contributed by atoms with Gasteiger partial charge in [0.1, 0.15) is 6.61 Å². The minimum Gasteiger partial charge on any atom is -0.461 e. The molecular formula is C12H14F2N2O3. The Bertz CT molecular complexity index is 504. The second-order valence-corrected chi connectivity index (χ2v) is 4.03. The van der Waals surface area contributed by atoms with Crippen molar-refractivity contribution in [2.24, 2.45) is 0 Å². The highest BCUT2D eigenvalue weighted by Gasteiger charge is 2.16. The fraction of sp³-hybridized carbons (Fsp3) is 0.333. The van der Waals surface area contributed by atoms with Gasteiger partial charge in [0.15, 0.2) is 11.6 Å². The number of nitrogens with zero attached hydrogens (tertiary/aromatic N) is 1. The Morgan fingerprint density at radius 2 is 1.84 bits per heavy atom. The van der Waals surface area contributed by atoms with Crippen LogP contribution in [0, 0.1) is 11.6 Å². The first kappa shape index (κ1) is 14.9. The van der Waals surface area contributed by atoms with E-state index in [1.807, 2.05) is 0 Å². The molecule has 1 rings (SSSR count). The van der Waals surface area contributed by atoms with Crippen molar-refractivity contribution in [1.82, 2.24) is 4.90 Å². The van der Waals surface area contributed by atoms with Gasteiger partial charge in [-0.1, -0.05) is 0 Å². The van der Waals surface area contributed by atoms with Crippen LogP contribution in [-0.2, 0) is 9.53 Å².